The van der Waals surface area contributed by atoms with E-state index < -0.39 is 10.8 Å². The minimum atomic E-state index is -0.640. The van der Waals surface area contributed by atoms with Gasteiger partial charge in [0.05, 0.1) is 0 Å². The fourth-order valence-electron chi connectivity index (χ4n) is 2.56. The lowest BCUT2D eigenvalue weighted by molar-refractivity contribution is 0.346. The van der Waals surface area contributed by atoms with E-state index in [2.05, 4.69) is 12.2 Å². The first-order valence-electron chi connectivity index (χ1n) is 7.22. The van der Waals surface area contributed by atoms with Crippen molar-refractivity contribution in [2.24, 2.45) is 5.92 Å². The van der Waals surface area contributed by atoms with Crippen molar-refractivity contribution < 1.29 is 4.21 Å². The van der Waals surface area contributed by atoms with Crippen LogP contribution < -0.4 is 5.32 Å². The third kappa shape index (κ3) is 7.93. The van der Waals surface area contributed by atoms with Gasteiger partial charge in [0.2, 0.25) is 0 Å². The third-order valence-corrected chi connectivity index (χ3v) is 4.63. The highest BCUT2D eigenvalue weighted by Crippen LogP contribution is 2.21. The van der Waals surface area contributed by atoms with Crippen molar-refractivity contribution in [1.29, 1.82) is 0 Å². The summed E-state index contributed by atoms with van der Waals surface area (Å²) in [5.41, 5.74) is 0. The van der Waals surface area contributed by atoms with E-state index >= 15 is 0 Å². The van der Waals surface area contributed by atoms with Gasteiger partial charge in [-0.3, -0.25) is 4.21 Å². The minimum Gasteiger partial charge on any atom is -0.314 e. The van der Waals surface area contributed by atoms with E-state index in [1.165, 1.54) is 44.9 Å². The molecule has 3 heteroatoms. The molecule has 102 valence electrons. The molecule has 2 nitrogen and oxygen atoms in total. The highest BCUT2D eigenvalue weighted by atomic mass is 32.2. The van der Waals surface area contributed by atoms with Gasteiger partial charge in [-0.15, -0.1) is 0 Å². The molecule has 0 bridgehead atoms. The van der Waals surface area contributed by atoms with Gasteiger partial charge in [0.25, 0.3) is 0 Å². The molecular formula is C14H29NOS. The second-order valence-electron chi connectivity index (χ2n) is 5.59. The smallest absolute Gasteiger partial charge is 0.0246 e. The lowest BCUT2D eigenvalue weighted by atomic mass is 9.91. The molecule has 17 heavy (non-hydrogen) atoms. The Balaban J connectivity index is 2.12. The van der Waals surface area contributed by atoms with Crippen LogP contribution in [0.1, 0.15) is 58.3 Å². The molecule has 1 aliphatic carbocycles. The summed E-state index contributed by atoms with van der Waals surface area (Å²) in [6.45, 7) is 3.38. The first kappa shape index (κ1) is 15.2. The van der Waals surface area contributed by atoms with E-state index in [1.54, 1.807) is 6.26 Å². The van der Waals surface area contributed by atoms with Crippen molar-refractivity contribution in [2.75, 3.05) is 18.6 Å². The SMILES string of the molecule is CC(CCS(C)=O)NCC1CCCCCCC1. The summed E-state index contributed by atoms with van der Waals surface area (Å²) >= 11 is 0. The predicted molar refractivity (Wildman–Crippen MR) is 76.8 cm³/mol. The second kappa shape index (κ2) is 9.09. The lowest BCUT2D eigenvalue weighted by Gasteiger charge is -2.22. The molecule has 0 saturated heterocycles. The quantitative estimate of drug-likeness (QED) is 0.794. The zero-order valence-corrected chi connectivity index (χ0v) is 12.4. The van der Waals surface area contributed by atoms with Crippen molar-refractivity contribution in [3.63, 3.8) is 0 Å². The fraction of sp³-hybridized carbons (Fsp3) is 1.00. The topological polar surface area (TPSA) is 29.1 Å². The molecule has 1 rings (SSSR count). The molecule has 0 aromatic heterocycles. The molecule has 0 heterocycles. The Morgan fingerprint density at radius 2 is 1.76 bits per heavy atom. The van der Waals surface area contributed by atoms with Gasteiger partial charge in [0.1, 0.15) is 0 Å². The van der Waals surface area contributed by atoms with E-state index in [0.29, 0.717) is 6.04 Å². The van der Waals surface area contributed by atoms with Crippen molar-refractivity contribution in [1.82, 2.24) is 5.32 Å². The normalized spacial score (nSPS) is 22.7. The van der Waals surface area contributed by atoms with Gasteiger partial charge in [-0.2, -0.15) is 0 Å². The Hall–Kier alpha value is 0.110. The highest BCUT2D eigenvalue weighted by Gasteiger charge is 2.12. The van der Waals surface area contributed by atoms with Gasteiger partial charge in [0, 0.05) is 28.9 Å². The van der Waals surface area contributed by atoms with Gasteiger partial charge >= 0.3 is 0 Å². The highest BCUT2D eigenvalue weighted by molar-refractivity contribution is 7.84. The molecule has 1 saturated carbocycles. The molecule has 1 N–H and O–H groups in total. The van der Waals surface area contributed by atoms with Gasteiger partial charge in [-0.05, 0) is 38.6 Å². The van der Waals surface area contributed by atoms with Gasteiger partial charge in [-0.25, -0.2) is 0 Å². The van der Waals surface area contributed by atoms with Crippen LogP contribution in [-0.4, -0.2) is 28.8 Å². The molecule has 0 spiro atoms. The van der Waals surface area contributed by atoms with E-state index in [4.69, 9.17) is 0 Å². The molecular weight excluding hydrogens is 230 g/mol. The number of rotatable bonds is 6. The molecule has 0 aromatic carbocycles. The molecule has 0 aromatic rings. The van der Waals surface area contributed by atoms with E-state index in [1.807, 2.05) is 0 Å². The molecule has 0 amide bonds. The van der Waals surface area contributed by atoms with Gasteiger partial charge in [0.15, 0.2) is 0 Å². The number of hydrogen-bond donors (Lipinski definition) is 1. The van der Waals surface area contributed by atoms with Gasteiger partial charge in [-0.1, -0.05) is 32.1 Å². The van der Waals surface area contributed by atoms with E-state index in [0.717, 1.165) is 24.6 Å². The predicted octanol–water partition coefficient (Wildman–Crippen LogP) is 3.09. The number of nitrogens with one attached hydrogen (secondary N) is 1. The van der Waals surface area contributed by atoms with Crippen LogP contribution in [0.15, 0.2) is 0 Å². The Morgan fingerprint density at radius 3 is 2.35 bits per heavy atom. The van der Waals surface area contributed by atoms with Crippen LogP contribution in [0.3, 0.4) is 0 Å². The molecule has 0 aliphatic heterocycles. The largest absolute Gasteiger partial charge is 0.314 e. The summed E-state index contributed by atoms with van der Waals surface area (Å²) in [4.78, 5) is 0. The van der Waals surface area contributed by atoms with Gasteiger partial charge < -0.3 is 5.32 Å². The zero-order chi connectivity index (χ0) is 12.5. The average molecular weight is 259 g/mol. The maximum absolute atomic E-state index is 11.0. The lowest BCUT2D eigenvalue weighted by Crippen LogP contribution is -2.32. The summed E-state index contributed by atoms with van der Waals surface area (Å²) < 4.78 is 11.0. The summed E-state index contributed by atoms with van der Waals surface area (Å²) in [6, 6.07) is 0.518. The van der Waals surface area contributed by atoms with Crippen molar-refractivity contribution >= 4 is 10.8 Å². The molecule has 0 radical (unpaired) electrons. The maximum Gasteiger partial charge on any atom is 0.0246 e. The van der Waals surface area contributed by atoms with Crippen LogP contribution in [0.5, 0.6) is 0 Å². The van der Waals surface area contributed by atoms with Crippen LogP contribution in [0.2, 0.25) is 0 Å². The molecule has 1 fully saturated rings. The second-order valence-corrected chi connectivity index (χ2v) is 7.14. The summed E-state index contributed by atoms with van der Waals surface area (Å²) in [7, 11) is -0.640. The van der Waals surface area contributed by atoms with Crippen molar-refractivity contribution in [3.05, 3.63) is 0 Å². The average Bonchev–Trinajstić information content (AvgIpc) is 2.24. The summed E-state index contributed by atoms with van der Waals surface area (Å²) in [5.74, 6) is 1.71. The van der Waals surface area contributed by atoms with Crippen molar-refractivity contribution in [3.8, 4) is 0 Å². The van der Waals surface area contributed by atoms with E-state index in [9.17, 15) is 4.21 Å². The minimum absolute atomic E-state index is 0.518. The van der Waals surface area contributed by atoms with Crippen molar-refractivity contribution in [2.45, 2.75) is 64.3 Å². The first-order chi connectivity index (χ1) is 8.18. The Morgan fingerprint density at radius 1 is 1.18 bits per heavy atom. The molecule has 1 aliphatic rings. The Bertz CT molecular complexity index is 212. The monoisotopic (exact) mass is 259 g/mol. The Labute approximate surface area is 109 Å². The number of hydrogen-bond acceptors (Lipinski definition) is 2. The molecule has 2 atom stereocenters. The van der Waals surface area contributed by atoms with Crippen LogP contribution in [0.25, 0.3) is 0 Å². The standard InChI is InChI=1S/C14H29NOS/c1-13(10-11-17(2)16)15-12-14-8-6-4-3-5-7-9-14/h13-15H,3-12H2,1-2H3. The fourth-order valence-corrected chi connectivity index (χ4v) is 3.24. The van der Waals surface area contributed by atoms with E-state index in [-0.39, 0.29) is 0 Å². The van der Waals surface area contributed by atoms with Crippen LogP contribution in [0.4, 0.5) is 0 Å². The van der Waals surface area contributed by atoms with Crippen LogP contribution >= 0.6 is 0 Å². The van der Waals surface area contributed by atoms with Crippen LogP contribution in [-0.2, 0) is 10.8 Å². The maximum atomic E-state index is 11.0. The van der Waals surface area contributed by atoms with Crippen LogP contribution in [0, 0.1) is 5.92 Å². The summed E-state index contributed by atoms with van der Waals surface area (Å²) in [5, 5.41) is 3.62. The molecule has 2 unspecified atom stereocenters. The Kier molecular flexibility index (Phi) is 8.12. The first-order valence-corrected chi connectivity index (χ1v) is 8.94. The third-order valence-electron chi connectivity index (χ3n) is 3.82. The summed E-state index contributed by atoms with van der Waals surface area (Å²) in [6.07, 6.45) is 12.8. The zero-order valence-electron chi connectivity index (χ0n) is 11.5.